The van der Waals surface area contributed by atoms with Crippen LogP contribution in [0.2, 0.25) is 0 Å². The Hall–Kier alpha value is -2.68. The van der Waals surface area contributed by atoms with Crippen LogP contribution >= 0.6 is 0 Å². The van der Waals surface area contributed by atoms with Crippen molar-refractivity contribution in [3.05, 3.63) is 59.2 Å². The molecule has 2 aliphatic rings. The zero-order chi connectivity index (χ0) is 20.4. The maximum Gasteiger partial charge on any atom is 0.255 e. The molecule has 0 aromatic heterocycles. The van der Waals surface area contributed by atoms with E-state index in [9.17, 15) is 4.79 Å². The highest BCUT2D eigenvalue weighted by molar-refractivity contribution is 6.04. The van der Waals surface area contributed by atoms with Crippen molar-refractivity contribution in [3.63, 3.8) is 0 Å². The maximum atomic E-state index is 12.6. The number of nitrogens with zero attached hydrogens (tertiary/aromatic N) is 2. The first-order valence-corrected chi connectivity index (χ1v) is 10.6. The second-order valence-corrected chi connectivity index (χ2v) is 8.44. The second-order valence-electron chi connectivity index (χ2n) is 8.44. The first kappa shape index (κ1) is 19.6. The molecule has 5 heteroatoms. The molecule has 2 saturated heterocycles. The fourth-order valence-electron chi connectivity index (χ4n) is 5.33. The number of rotatable bonds is 4. The Kier molecular flexibility index (Phi) is 5.40. The average Bonchev–Trinajstić information content (AvgIpc) is 3.39. The van der Waals surface area contributed by atoms with Crippen LogP contribution in [0, 0.1) is 18.3 Å². The van der Waals surface area contributed by atoms with Gasteiger partial charge in [0.1, 0.15) is 11.7 Å². The first-order chi connectivity index (χ1) is 14.0. The summed E-state index contributed by atoms with van der Waals surface area (Å²) in [7, 11) is 0. The summed E-state index contributed by atoms with van der Waals surface area (Å²) >= 11 is 0. The number of aryl methyl sites for hydroxylation is 1. The molecule has 2 aromatic rings. The number of quaternary nitrogens is 1. The molecule has 2 fully saturated rings. The maximum absolute atomic E-state index is 12.6. The lowest BCUT2D eigenvalue weighted by Gasteiger charge is -2.44. The number of anilines is 1. The Balaban J connectivity index is 1.58. The number of likely N-dealkylation sites (tertiary alicyclic amines) is 1. The van der Waals surface area contributed by atoms with E-state index in [1.54, 1.807) is 24.3 Å². The number of carbonyl (C=O) groups is 1. The first-order valence-electron chi connectivity index (χ1n) is 10.6. The van der Waals surface area contributed by atoms with Crippen molar-refractivity contribution >= 4 is 17.3 Å². The molecule has 4 rings (SSSR count). The van der Waals surface area contributed by atoms with Crippen LogP contribution in [0.25, 0.3) is 0 Å². The second kappa shape index (κ2) is 7.98. The topological polar surface area (TPSA) is 64.9 Å². The van der Waals surface area contributed by atoms with Gasteiger partial charge < -0.3 is 10.6 Å². The molecule has 2 N–H and O–H groups in total. The van der Waals surface area contributed by atoms with Crippen LogP contribution in [0.4, 0.5) is 11.4 Å². The number of nitrogens with one attached hydrogen (secondary N) is 2. The molecule has 1 amide bonds. The molecule has 29 heavy (non-hydrogen) atoms. The molecule has 2 aliphatic heterocycles. The molecule has 3 atom stereocenters. The quantitative estimate of drug-likeness (QED) is 0.778. The molecule has 2 aromatic carbocycles. The number of benzene rings is 2. The summed E-state index contributed by atoms with van der Waals surface area (Å²) < 4.78 is 1.07. The third kappa shape index (κ3) is 3.55. The van der Waals surface area contributed by atoms with E-state index in [1.807, 2.05) is 6.07 Å². The van der Waals surface area contributed by atoms with Crippen LogP contribution in [0.3, 0.4) is 0 Å². The number of amides is 1. The highest BCUT2D eigenvalue weighted by Gasteiger charge is 2.48. The fraction of sp³-hybridized carbons (Fsp3) is 0.417. The van der Waals surface area contributed by atoms with Gasteiger partial charge in [-0.05, 0) is 50.2 Å². The van der Waals surface area contributed by atoms with E-state index in [4.69, 9.17) is 5.26 Å². The van der Waals surface area contributed by atoms with E-state index in [-0.39, 0.29) is 5.91 Å². The monoisotopic (exact) mass is 389 g/mol. The molecule has 150 valence electrons. The summed E-state index contributed by atoms with van der Waals surface area (Å²) in [4.78, 5) is 12.6. The van der Waals surface area contributed by atoms with Gasteiger partial charge in [0.2, 0.25) is 0 Å². The van der Waals surface area contributed by atoms with Gasteiger partial charge in [-0.1, -0.05) is 0 Å². The van der Waals surface area contributed by atoms with Crippen LogP contribution in [-0.2, 0) is 0 Å². The smallest absolute Gasteiger partial charge is 0.255 e. The van der Waals surface area contributed by atoms with E-state index >= 15 is 0 Å². The minimum absolute atomic E-state index is 0.153. The normalized spacial score (nSPS) is 26.2. The van der Waals surface area contributed by atoms with Crippen molar-refractivity contribution < 1.29 is 4.79 Å². The Labute approximate surface area is 172 Å². The Bertz CT molecular complexity index is 940. The van der Waals surface area contributed by atoms with Crippen LogP contribution < -0.4 is 15.1 Å². The molecular formula is C24H29N4O+. The SMILES string of the molecule is Cc1cc(NC(=O)c2ccc(C#N)cc2)ccc1[N+]1(C2CCNC2)CCCC1C. The van der Waals surface area contributed by atoms with Crippen LogP contribution in [0.15, 0.2) is 42.5 Å². The summed E-state index contributed by atoms with van der Waals surface area (Å²) in [5.41, 5.74) is 4.56. The minimum Gasteiger partial charge on any atom is -0.322 e. The van der Waals surface area contributed by atoms with Crippen LogP contribution in [0.1, 0.15) is 47.7 Å². The Morgan fingerprint density at radius 1 is 1.21 bits per heavy atom. The van der Waals surface area contributed by atoms with Crippen LogP contribution in [-0.4, -0.2) is 37.6 Å². The molecule has 5 nitrogen and oxygen atoms in total. The molecule has 0 bridgehead atoms. The van der Waals surface area contributed by atoms with Gasteiger partial charge >= 0.3 is 0 Å². The highest BCUT2D eigenvalue weighted by atomic mass is 16.1. The molecule has 0 spiro atoms. The molecule has 0 radical (unpaired) electrons. The third-order valence-corrected chi connectivity index (χ3v) is 6.80. The van der Waals surface area contributed by atoms with Crippen molar-refractivity contribution in [3.8, 4) is 6.07 Å². The van der Waals surface area contributed by atoms with E-state index in [2.05, 4.69) is 42.7 Å². The van der Waals surface area contributed by atoms with Crippen molar-refractivity contribution in [2.24, 2.45) is 0 Å². The van der Waals surface area contributed by atoms with Gasteiger partial charge in [0, 0.05) is 55.2 Å². The van der Waals surface area contributed by atoms with Gasteiger partial charge in [0.15, 0.2) is 0 Å². The summed E-state index contributed by atoms with van der Waals surface area (Å²) in [6, 6.07) is 16.4. The molecule has 3 unspecified atom stereocenters. The largest absolute Gasteiger partial charge is 0.322 e. The van der Waals surface area contributed by atoms with E-state index in [0.717, 1.165) is 23.3 Å². The lowest BCUT2D eigenvalue weighted by atomic mass is 10.0. The molecule has 2 heterocycles. The van der Waals surface area contributed by atoms with Crippen molar-refractivity contribution in [1.29, 1.82) is 5.26 Å². The van der Waals surface area contributed by atoms with Gasteiger partial charge in [0.25, 0.3) is 5.91 Å². The zero-order valence-electron chi connectivity index (χ0n) is 17.2. The zero-order valence-corrected chi connectivity index (χ0v) is 17.2. The van der Waals surface area contributed by atoms with Gasteiger partial charge in [-0.2, -0.15) is 5.26 Å². The average molecular weight is 390 g/mol. The van der Waals surface area contributed by atoms with Crippen molar-refractivity contribution in [2.45, 2.75) is 45.2 Å². The van der Waals surface area contributed by atoms with Crippen LogP contribution in [0.5, 0.6) is 0 Å². The van der Waals surface area contributed by atoms with Gasteiger partial charge in [-0.3, -0.25) is 9.28 Å². The predicted molar refractivity (Wildman–Crippen MR) is 117 cm³/mol. The summed E-state index contributed by atoms with van der Waals surface area (Å²) in [6.45, 7) is 7.95. The van der Waals surface area contributed by atoms with Crippen molar-refractivity contribution in [2.75, 3.05) is 25.0 Å². The standard InChI is InChI=1S/C24H28N4O/c1-17-14-21(27-24(29)20-7-5-19(15-25)6-8-20)9-10-23(17)28(13-3-4-18(28)2)22-11-12-26-16-22/h5-10,14,18,22,26H,3-4,11-13,16H2,1-2H3/p+1. The van der Waals surface area contributed by atoms with Gasteiger partial charge in [-0.15, -0.1) is 0 Å². The van der Waals surface area contributed by atoms with Gasteiger partial charge in [-0.25, -0.2) is 0 Å². The Morgan fingerprint density at radius 3 is 2.59 bits per heavy atom. The summed E-state index contributed by atoms with van der Waals surface area (Å²) in [5, 5.41) is 15.5. The van der Waals surface area contributed by atoms with E-state index in [0.29, 0.717) is 23.2 Å². The lowest BCUT2D eigenvalue weighted by Crippen LogP contribution is -2.60. The van der Waals surface area contributed by atoms with Crippen molar-refractivity contribution in [1.82, 2.24) is 9.80 Å². The Morgan fingerprint density at radius 2 is 2.00 bits per heavy atom. The highest BCUT2D eigenvalue weighted by Crippen LogP contribution is 2.41. The number of hydrogen-bond acceptors (Lipinski definition) is 3. The third-order valence-electron chi connectivity index (χ3n) is 6.80. The summed E-state index contributed by atoms with van der Waals surface area (Å²) in [5.74, 6) is -0.153. The van der Waals surface area contributed by atoms with Gasteiger partial charge in [0.05, 0.1) is 24.2 Å². The fourth-order valence-corrected chi connectivity index (χ4v) is 5.33. The summed E-state index contributed by atoms with van der Waals surface area (Å²) in [6.07, 6.45) is 3.77. The lowest BCUT2D eigenvalue weighted by molar-refractivity contribution is 0.102. The molecule has 0 aliphatic carbocycles. The number of nitriles is 1. The minimum atomic E-state index is -0.153. The molecular weight excluding hydrogens is 360 g/mol. The number of hydrogen-bond donors (Lipinski definition) is 2. The van der Waals surface area contributed by atoms with E-state index in [1.165, 1.54) is 37.1 Å². The molecule has 0 saturated carbocycles. The predicted octanol–water partition coefficient (Wildman–Crippen LogP) is 3.97. The van der Waals surface area contributed by atoms with E-state index < -0.39 is 0 Å². The number of carbonyl (C=O) groups excluding carboxylic acids is 1.